The molecule has 0 N–H and O–H groups in total. The molecule has 2 heterocycles. The van der Waals surface area contributed by atoms with Crippen LogP contribution in [0, 0.1) is 5.92 Å². The number of anilines is 1. The van der Waals surface area contributed by atoms with Gasteiger partial charge in [0.15, 0.2) is 0 Å². The summed E-state index contributed by atoms with van der Waals surface area (Å²) in [5.74, 6) is 0.303. The summed E-state index contributed by atoms with van der Waals surface area (Å²) in [5.41, 5.74) is 3.80. The van der Waals surface area contributed by atoms with Crippen molar-refractivity contribution in [2.75, 3.05) is 37.7 Å². The summed E-state index contributed by atoms with van der Waals surface area (Å²) in [6.45, 7) is 6.97. The molecule has 29 heavy (non-hydrogen) atoms. The lowest BCUT2D eigenvalue weighted by atomic mass is 10.0. The van der Waals surface area contributed by atoms with E-state index in [1.54, 1.807) is 0 Å². The van der Waals surface area contributed by atoms with E-state index in [1.807, 2.05) is 13.0 Å². The van der Waals surface area contributed by atoms with Gasteiger partial charge in [-0.3, -0.25) is 9.69 Å². The van der Waals surface area contributed by atoms with Crippen LogP contribution in [0.5, 0.6) is 0 Å². The van der Waals surface area contributed by atoms with Crippen LogP contribution < -0.4 is 4.90 Å². The van der Waals surface area contributed by atoms with E-state index in [1.165, 1.54) is 36.2 Å². The highest BCUT2D eigenvalue weighted by Crippen LogP contribution is 2.61. The van der Waals surface area contributed by atoms with Crippen LogP contribution in [0.1, 0.15) is 42.7 Å². The Morgan fingerprint density at radius 1 is 1.00 bits per heavy atom. The van der Waals surface area contributed by atoms with Crippen molar-refractivity contribution in [3.05, 3.63) is 65.7 Å². The van der Waals surface area contributed by atoms with Gasteiger partial charge in [0.1, 0.15) is 0 Å². The lowest BCUT2D eigenvalue weighted by Crippen LogP contribution is -2.50. The molecule has 4 heteroatoms. The van der Waals surface area contributed by atoms with Crippen molar-refractivity contribution in [1.29, 1.82) is 0 Å². The number of nitrogens with zero attached hydrogens (tertiary/aromatic N) is 2. The first-order chi connectivity index (χ1) is 14.3. The number of ether oxygens (including phenoxy) is 1. The molecular formula is C25H30N2O2. The van der Waals surface area contributed by atoms with Crippen LogP contribution in [0.3, 0.4) is 0 Å². The van der Waals surface area contributed by atoms with Gasteiger partial charge in [-0.05, 0) is 49.6 Å². The zero-order chi connectivity index (χ0) is 19.8. The number of esters is 1. The van der Waals surface area contributed by atoms with Crippen LogP contribution in [-0.4, -0.2) is 49.7 Å². The molecule has 3 aliphatic rings. The topological polar surface area (TPSA) is 32.8 Å². The third-order valence-electron chi connectivity index (χ3n) is 6.97. The van der Waals surface area contributed by atoms with Gasteiger partial charge in [0.25, 0.3) is 0 Å². The van der Waals surface area contributed by atoms with Gasteiger partial charge in [-0.2, -0.15) is 0 Å². The van der Waals surface area contributed by atoms with Gasteiger partial charge in [-0.15, -0.1) is 0 Å². The Morgan fingerprint density at radius 3 is 2.62 bits per heavy atom. The van der Waals surface area contributed by atoms with Crippen LogP contribution in [0.2, 0.25) is 0 Å². The van der Waals surface area contributed by atoms with Crippen molar-refractivity contribution in [3.63, 3.8) is 0 Å². The second-order valence-corrected chi connectivity index (χ2v) is 8.61. The van der Waals surface area contributed by atoms with Crippen molar-refractivity contribution < 1.29 is 9.53 Å². The number of piperazine rings is 1. The maximum absolute atomic E-state index is 12.6. The van der Waals surface area contributed by atoms with E-state index in [0.29, 0.717) is 12.6 Å². The van der Waals surface area contributed by atoms with Crippen LogP contribution in [0.4, 0.5) is 5.69 Å². The largest absolute Gasteiger partial charge is 0.466 e. The monoisotopic (exact) mass is 390 g/mol. The average Bonchev–Trinajstić information content (AvgIpc) is 3.35. The summed E-state index contributed by atoms with van der Waals surface area (Å²) in [6, 6.07) is 20.0. The molecule has 0 radical (unpaired) electrons. The third kappa shape index (κ3) is 3.55. The summed E-state index contributed by atoms with van der Waals surface area (Å²) in [4.78, 5) is 17.8. The molecule has 0 bridgehead atoms. The first-order valence-electron chi connectivity index (χ1n) is 11.1. The molecule has 4 atom stereocenters. The van der Waals surface area contributed by atoms with Gasteiger partial charge in [-0.25, -0.2) is 0 Å². The number of rotatable bonds is 5. The lowest BCUT2D eigenvalue weighted by Gasteiger charge is -2.39. The Labute approximate surface area is 173 Å². The van der Waals surface area contributed by atoms with Crippen molar-refractivity contribution >= 4 is 11.7 Å². The van der Waals surface area contributed by atoms with E-state index < -0.39 is 0 Å². The molecule has 2 aromatic carbocycles. The minimum atomic E-state index is -0.0701. The summed E-state index contributed by atoms with van der Waals surface area (Å²) in [6.07, 6.45) is 2.65. The van der Waals surface area contributed by atoms with E-state index in [2.05, 4.69) is 58.3 Å². The van der Waals surface area contributed by atoms with E-state index in [9.17, 15) is 4.79 Å². The highest BCUT2D eigenvalue weighted by atomic mass is 16.5. The van der Waals surface area contributed by atoms with Crippen LogP contribution in [-0.2, 0) is 9.53 Å². The molecular weight excluding hydrogens is 360 g/mol. The molecule has 5 rings (SSSR count). The zero-order valence-corrected chi connectivity index (χ0v) is 17.2. The van der Waals surface area contributed by atoms with Gasteiger partial charge >= 0.3 is 5.97 Å². The second-order valence-electron chi connectivity index (χ2n) is 8.61. The van der Waals surface area contributed by atoms with Crippen LogP contribution in [0.15, 0.2) is 54.6 Å². The summed E-state index contributed by atoms with van der Waals surface area (Å²) >= 11 is 0. The molecule has 2 saturated heterocycles. The molecule has 152 valence electrons. The molecule has 4 nitrogen and oxygen atoms in total. The van der Waals surface area contributed by atoms with E-state index >= 15 is 0 Å². The highest BCUT2D eigenvalue weighted by Gasteiger charge is 2.57. The fourth-order valence-electron chi connectivity index (χ4n) is 5.50. The van der Waals surface area contributed by atoms with Gasteiger partial charge in [-0.1, -0.05) is 42.5 Å². The van der Waals surface area contributed by atoms with Gasteiger partial charge < -0.3 is 9.64 Å². The van der Waals surface area contributed by atoms with E-state index in [4.69, 9.17) is 4.74 Å². The molecule has 1 unspecified atom stereocenters. The van der Waals surface area contributed by atoms with Gasteiger partial charge in [0.2, 0.25) is 0 Å². The standard InChI is InChI=1S/C25H30N2O2/c1-2-29-25(28)24-22(18-8-4-3-5-9-18)23(24)19-10-6-11-20(16-19)27-15-14-26-13-7-12-21(26)17-27/h3-6,8-11,16,21-24H,2,7,12-15,17H2,1H3/t21?,22-,23-,24-/m1/s1. The van der Waals surface area contributed by atoms with E-state index in [0.717, 1.165) is 19.6 Å². The predicted octanol–water partition coefficient (Wildman–Crippen LogP) is 4.03. The number of carbonyl (C=O) groups is 1. The van der Waals surface area contributed by atoms with Crippen molar-refractivity contribution in [2.45, 2.75) is 37.6 Å². The minimum absolute atomic E-state index is 0.0590. The molecule has 2 aliphatic heterocycles. The summed E-state index contributed by atoms with van der Waals surface area (Å²) in [7, 11) is 0. The Morgan fingerprint density at radius 2 is 1.79 bits per heavy atom. The fraction of sp³-hybridized carbons (Fsp3) is 0.480. The van der Waals surface area contributed by atoms with E-state index in [-0.39, 0.29) is 23.7 Å². The molecule has 2 aromatic rings. The Bertz CT molecular complexity index is 868. The quantitative estimate of drug-likeness (QED) is 0.722. The second kappa shape index (κ2) is 7.83. The molecule has 0 aromatic heterocycles. The lowest BCUT2D eigenvalue weighted by molar-refractivity contribution is -0.144. The third-order valence-corrected chi connectivity index (χ3v) is 6.97. The van der Waals surface area contributed by atoms with Gasteiger partial charge in [0.05, 0.1) is 12.5 Å². The summed E-state index contributed by atoms with van der Waals surface area (Å²) < 4.78 is 5.41. The van der Waals surface area contributed by atoms with Crippen molar-refractivity contribution in [2.24, 2.45) is 5.92 Å². The highest BCUT2D eigenvalue weighted by molar-refractivity contribution is 5.80. The number of hydrogen-bond acceptors (Lipinski definition) is 4. The first-order valence-corrected chi connectivity index (χ1v) is 11.1. The number of fused-ring (bicyclic) bond motifs is 1. The zero-order valence-electron chi connectivity index (χ0n) is 17.2. The van der Waals surface area contributed by atoms with Crippen molar-refractivity contribution in [3.8, 4) is 0 Å². The van der Waals surface area contributed by atoms with Crippen LogP contribution in [0.25, 0.3) is 0 Å². The molecule has 1 saturated carbocycles. The molecule has 3 fully saturated rings. The summed E-state index contributed by atoms with van der Waals surface area (Å²) in [5, 5.41) is 0. The fourth-order valence-corrected chi connectivity index (χ4v) is 5.50. The normalized spacial score (nSPS) is 28.8. The molecule has 0 spiro atoms. The SMILES string of the molecule is CCOC(=O)[C@@H]1[C@H](c2ccccc2)[C@H]1c1cccc(N2CCN3CCCC3C2)c1. The Balaban J connectivity index is 1.39. The number of carbonyl (C=O) groups excluding carboxylic acids is 1. The van der Waals surface area contributed by atoms with Crippen molar-refractivity contribution in [1.82, 2.24) is 4.90 Å². The first kappa shape index (κ1) is 18.7. The average molecular weight is 391 g/mol. The number of benzene rings is 2. The Hall–Kier alpha value is -2.33. The molecule has 0 amide bonds. The van der Waals surface area contributed by atoms with Gasteiger partial charge in [0, 0.05) is 43.2 Å². The number of hydrogen-bond donors (Lipinski definition) is 0. The Kier molecular flexibility index (Phi) is 5.04. The molecule has 1 aliphatic carbocycles. The minimum Gasteiger partial charge on any atom is -0.466 e. The smallest absolute Gasteiger partial charge is 0.310 e. The van der Waals surface area contributed by atoms with Crippen LogP contribution >= 0.6 is 0 Å². The predicted molar refractivity (Wildman–Crippen MR) is 115 cm³/mol. The maximum atomic E-state index is 12.6. The maximum Gasteiger partial charge on any atom is 0.310 e.